The number of nitrogens with zero attached hydrogens (tertiary/aromatic N) is 1. The van der Waals surface area contributed by atoms with Crippen LogP contribution in [0.1, 0.15) is 12.8 Å². The number of carboxylic acids is 4. The van der Waals surface area contributed by atoms with Crippen molar-refractivity contribution in [2.24, 2.45) is 5.73 Å². The minimum absolute atomic E-state index is 0.338. The van der Waals surface area contributed by atoms with E-state index in [1.165, 1.54) is 0 Å². The zero-order chi connectivity index (χ0) is 17.4. The van der Waals surface area contributed by atoms with E-state index in [-0.39, 0.29) is 6.54 Å². The van der Waals surface area contributed by atoms with Crippen LogP contribution in [0.2, 0.25) is 0 Å². The highest BCUT2D eigenvalue weighted by Crippen LogP contribution is 2.15. The third kappa shape index (κ3) is 6.47. The zero-order valence-corrected chi connectivity index (χ0v) is 11.5. The first-order chi connectivity index (χ1) is 10.1. The largest absolute Gasteiger partial charge is 0.481 e. The standard InChI is InChI=1S/C11H18N2O9/c12-3-5(14)4-13(6(10(19)20)1-8(15)16)7(11(21)22)2-9(17)18/h5-7,14H,1-4,12H2,(H,15,16)(H,17,18)(H,19,20)(H,21,22). The van der Waals surface area contributed by atoms with Crippen LogP contribution in [0.25, 0.3) is 0 Å². The van der Waals surface area contributed by atoms with Crippen molar-refractivity contribution in [2.75, 3.05) is 13.1 Å². The van der Waals surface area contributed by atoms with Gasteiger partial charge in [0.2, 0.25) is 0 Å². The summed E-state index contributed by atoms with van der Waals surface area (Å²) in [5.41, 5.74) is 5.17. The number of hydrogen-bond donors (Lipinski definition) is 6. The molecule has 0 saturated carbocycles. The van der Waals surface area contributed by atoms with Crippen LogP contribution in [0.15, 0.2) is 0 Å². The summed E-state index contributed by atoms with van der Waals surface area (Å²) in [6.45, 7) is -0.930. The molecule has 11 nitrogen and oxygen atoms in total. The van der Waals surface area contributed by atoms with E-state index in [4.69, 9.17) is 26.2 Å². The Labute approximate surface area is 124 Å². The quantitative estimate of drug-likeness (QED) is 0.234. The molecule has 7 N–H and O–H groups in total. The van der Waals surface area contributed by atoms with Crippen LogP contribution in [0.4, 0.5) is 0 Å². The molecule has 0 aromatic rings. The van der Waals surface area contributed by atoms with Crippen molar-refractivity contribution in [3.63, 3.8) is 0 Å². The van der Waals surface area contributed by atoms with Crippen molar-refractivity contribution in [3.05, 3.63) is 0 Å². The summed E-state index contributed by atoms with van der Waals surface area (Å²) in [4.78, 5) is 44.5. The molecule has 3 atom stereocenters. The van der Waals surface area contributed by atoms with Gasteiger partial charge in [-0.2, -0.15) is 0 Å². The molecular formula is C11H18N2O9. The lowest BCUT2D eigenvalue weighted by atomic mass is 10.1. The summed E-state index contributed by atoms with van der Waals surface area (Å²) in [6, 6.07) is -3.64. The second kappa shape index (κ2) is 8.92. The monoisotopic (exact) mass is 322 g/mol. The maximum absolute atomic E-state index is 11.2. The number of aliphatic hydroxyl groups is 1. The first-order valence-electron chi connectivity index (χ1n) is 6.13. The van der Waals surface area contributed by atoms with Gasteiger partial charge in [-0.15, -0.1) is 0 Å². The van der Waals surface area contributed by atoms with Crippen LogP contribution in [0.5, 0.6) is 0 Å². The van der Waals surface area contributed by atoms with Gasteiger partial charge in [0.25, 0.3) is 0 Å². The summed E-state index contributed by atoms with van der Waals surface area (Å²) in [5.74, 6) is -6.33. The Bertz CT molecular complexity index is 405. The van der Waals surface area contributed by atoms with E-state index in [1.54, 1.807) is 0 Å². The van der Waals surface area contributed by atoms with Gasteiger partial charge < -0.3 is 31.3 Å². The molecule has 3 unspecified atom stereocenters. The molecule has 0 rings (SSSR count). The predicted octanol–water partition coefficient (Wildman–Crippen LogP) is -2.54. The van der Waals surface area contributed by atoms with E-state index in [0.717, 1.165) is 0 Å². The average molecular weight is 322 g/mol. The number of carboxylic acid groups (broad SMARTS) is 4. The Balaban J connectivity index is 5.61. The van der Waals surface area contributed by atoms with E-state index < -0.39 is 61.5 Å². The first-order valence-corrected chi connectivity index (χ1v) is 6.13. The van der Waals surface area contributed by atoms with Crippen LogP contribution in [-0.4, -0.2) is 85.6 Å². The topological polar surface area (TPSA) is 199 Å². The Hall–Kier alpha value is -2.24. The molecule has 0 bridgehead atoms. The number of rotatable bonds is 11. The van der Waals surface area contributed by atoms with Crippen molar-refractivity contribution < 1.29 is 44.7 Å². The molecule has 0 aliphatic carbocycles. The van der Waals surface area contributed by atoms with Gasteiger partial charge in [-0.3, -0.25) is 24.1 Å². The van der Waals surface area contributed by atoms with Gasteiger partial charge in [-0.25, -0.2) is 0 Å². The molecule has 0 aromatic carbocycles. The molecule has 0 spiro atoms. The molecular weight excluding hydrogens is 304 g/mol. The summed E-state index contributed by atoms with van der Waals surface area (Å²) in [5, 5.41) is 45.1. The van der Waals surface area contributed by atoms with Crippen LogP contribution in [0, 0.1) is 0 Å². The molecule has 11 heteroatoms. The SMILES string of the molecule is NCC(O)CN(C(CC(=O)O)C(=O)O)C(CC(=O)O)C(=O)O. The lowest BCUT2D eigenvalue weighted by Crippen LogP contribution is -2.55. The highest BCUT2D eigenvalue weighted by molar-refractivity contribution is 5.84. The van der Waals surface area contributed by atoms with Crippen molar-refractivity contribution in [3.8, 4) is 0 Å². The molecule has 0 aliphatic heterocycles. The molecule has 0 fully saturated rings. The molecule has 0 heterocycles. The second-order valence-electron chi connectivity index (χ2n) is 4.49. The Morgan fingerprint density at radius 3 is 1.45 bits per heavy atom. The lowest BCUT2D eigenvalue weighted by Gasteiger charge is -2.33. The highest BCUT2D eigenvalue weighted by atomic mass is 16.4. The summed E-state index contributed by atoms with van der Waals surface area (Å²) in [7, 11) is 0. The normalized spacial score (nSPS) is 15.0. The lowest BCUT2D eigenvalue weighted by molar-refractivity contribution is -0.159. The van der Waals surface area contributed by atoms with Crippen LogP contribution in [-0.2, 0) is 19.2 Å². The van der Waals surface area contributed by atoms with Gasteiger partial charge in [0.05, 0.1) is 18.9 Å². The third-order valence-electron chi connectivity index (χ3n) is 2.80. The summed E-state index contributed by atoms with van der Waals surface area (Å²) >= 11 is 0. The molecule has 22 heavy (non-hydrogen) atoms. The Morgan fingerprint density at radius 1 is 0.864 bits per heavy atom. The van der Waals surface area contributed by atoms with Crippen molar-refractivity contribution >= 4 is 23.9 Å². The first kappa shape index (κ1) is 19.8. The minimum Gasteiger partial charge on any atom is -0.481 e. The maximum Gasteiger partial charge on any atom is 0.321 e. The van der Waals surface area contributed by atoms with Gasteiger partial charge >= 0.3 is 23.9 Å². The Morgan fingerprint density at radius 2 is 1.23 bits per heavy atom. The number of nitrogens with two attached hydrogens (primary N) is 1. The predicted molar refractivity (Wildman–Crippen MR) is 69.1 cm³/mol. The number of aliphatic hydroxyl groups excluding tert-OH is 1. The van der Waals surface area contributed by atoms with E-state index in [1.807, 2.05) is 0 Å². The highest BCUT2D eigenvalue weighted by Gasteiger charge is 2.38. The fraction of sp³-hybridized carbons (Fsp3) is 0.636. The molecule has 0 amide bonds. The Kier molecular flexibility index (Phi) is 8.01. The molecule has 126 valence electrons. The summed E-state index contributed by atoms with van der Waals surface area (Å²) in [6.07, 6.45) is -3.27. The van der Waals surface area contributed by atoms with Gasteiger partial charge in [0.1, 0.15) is 12.1 Å². The second-order valence-corrected chi connectivity index (χ2v) is 4.49. The van der Waals surface area contributed by atoms with Crippen LogP contribution >= 0.6 is 0 Å². The van der Waals surface area contributed by atoms with Gasteiger partial charge in [0, 0.05) is 13.1 Å². The summed E-state index contributed by atoms with van der Waals surface area (Å²) < 4.78 is 0. The van der Waals surface area contributed by atoms with Crippen LogP contribution < -0.4 is 5.73 Å². The van der Waals surface area contributed by atoms with E-state index >= 15 is 0 Å². The van der Waals surface area contributed by atoms with Crippen molar-refractivity contribution in [1.29, 1.82) is 0 Å². The van der Waals surface area contributed by atoms with Crippen LogP contribution in [0.3, 0.4) is 0 Å². The van der Waals surface area contributed by atoms with E-state index in [0.29, 0.717) is 4.90 Å². The fourth-order valence-electron chi connectivity index (χ4n) is 1.81. The van der Waals surface area contributed by atoms with Gasteiger partial charge in [-0.1, -0.05) is 0 Å². The minimum atomic E-state index is -1.82. The van der Waals surface area contributed by atoms with Crippen molar-refractivity contribution in [2.45, 2.75) is 31.0 Å². The third-order valence-corrected chi connectivity index (χ3v) is 2.80. The van der Waals surface area contributed by atoms with Gasteiger partial charge in [-0.05, 0) is 0 Å². The number of hydrogen-bond acceptors (Lipinski definition) is 7. The number of carbonyl (C=O) groups is 4. The molecule has 0 aromatic heterocycles. The molecule has 0 radical (unpaired) electrons. The fourth-order valence-corrected chi connectivity index (χ4v) is 1.81. The average Bonchev–Trinajstić information content (AvgIpc) is 2.38. The van der Waals surface area contributed by atoms with E-state index in [9.17, 15) is 24.3 Å². The molecule has 0 saturated heterocycles. The smallest absolute Gasteiger partial charge is 0.321 e. The zero-order valence-electron chi connectivity index (χ0n) is 11.5. The van der Waals surface area contributed by atoms with E-state index in [2.05, 4.69) is 0 Å². The van der Waals surface area contributed by atoms with Crippen molar-refractivity contribution in [1.82, 2.24) is 4.90 Å². The molecule has 0 aliphatic rings. The maximum atomic E-state index is 11.2. The number of aliphatic carboxylic acids is 4. The van der Waals surface area contributed by atoms with Gasteiger partial charge in [0.15, 0.2) is 0 Å².